The van der Waals surface area contributed by atoms with Crippen LogP contribution in [0.25, 0.3) is 0 Å². The fraction of sp³-hybridized carbons (Fsp3) is 0.333. The molecule has 1 unspecified atom stereocenters. The van der Waals surface area contributed by atoms with Gasteiger partial charge in [0.15, 0.2) is 0 Å². The predicted octanol–water partition coefficient (Wildman–Crippen LogP) is 2.17. The molecule has 0 amide bonds. The van der Waals surface area contributed by atoms with E-state index in [9.17, 15) is 14.5 Å². The molecule has 0 aliphatic heterocycles. The molecule has 0 saturated carbocycles. The Balaban J connectivity index is 2.86. The average Bonchev–Trinajstić information content (AvgIpc) is 1.85. The molecule has 1 rings (SSSR count). The van der Waals surface area contributed by atoms with Gasteiger partial charge in [0, 0.05) is 6.42 Å². The lowest BCUT2D eigenvalue weighted by Gasteiger charge is -2.05. The third kappa shape index (κ3) is 1.86. The summed E-state index contributed by atoms with van der Waals surface area (Å²) in [5.74, 6) is 0. The SMILES string of the molecule is O=[N+]([O-])C1=CCC(F)C=C1Br. The Bertz CT molecular complexity index is 249. The first-order chi connectivity index (χ1) is 5.11. The second kappa shape index (κ2) is 3.13. The van der Waals surface area contributed by atoms with Crippen molar-refractivity contribution in [3.63, 3.8) is 0 Å². The number of nitro groups is 1. The summed E-state index contributed by atoms with van der Waals surface area (Å²) in [7, 11) is 0. The average molecular weight is 222 g/mol. The van der Waals surface area contributed by atoms with Gasteiger partial charge in [0.2, 0.25) is 0 Å². The van der Waals surface area contributed by atoms with Crippen LogP contribution in [0.5, 0.6) is 0 Å². The summed E-state index contributed by atoms with van der Waals surface area (Å²) in [5.41, 5.74) is -0.0566. The van der Waals surface area contributed by atoms with Crippen molar-refractivity contribution in [3.05, 3.63) is 32.4 Å². The maximum atomic E-state index is 12.5. The van der Waals surface area contributed by atoms with Gasteiger partial charge in [0.05, 0.1) is 9.41 Å². The lowest BCUT2D eigenvalue weighted by Crippen LogP contribution is -2.07. The van der Waals surface area contributed by atoms with Crippen molar-refractivity contribution >= 4 is 15.9 Å². The second-order valence-electron chi connectivity index (χ2n) is 2.11. The standard InChI is InChI=1S/C6H5BrFNO2/c7-5-3-4(8)1-2-6(5)9(10)11/h2-4H,1H2. The molecule has 1 aliphatic rings. The van der Waals surface area contributed by atoms with E-state index in [2.05, 4.69) is 15.9 Å². The zero-order chi connectivity index (χ0) is 8.43. The highest BCUT2D eigenvalue weighted by Gasteiger charge is 2.21. The van der Waals surface area contributed by atoms with E-state index in [0.29, 0.717) is 0 Å². The summed E-state index contributed by atoms with van der Waals surface area (Å²) >= 11 is 2.91. The molecule has 0 heterocycles. The molecule has 0 radical (unpaired) electrons. The molecule has 0 aromatic rings. The highest BCUT2D eigenvalue weighted by atomic mass is 79.9. The molecular formula is C6H5BrFNO2. The van der Waals surface area contributed by atoms with E-state index >= 15 is 0 Å². The molecule has 0 spiro atoms. The van der Waals surface area contributed by atoms with Crippen LogP contribution in [0, 0.1) is 10.1 Å². The minimum Gasteiger partial charge on any atom is -0.258 e. The maximum absolute atomic E-state index is 12.5. The molecule has 5 heteroatoms. The topological polar surface area (TPSA) is 43.1 Å². The van der Waals surface area contributed by atoms with Gasteiger partial charge in [-0.25, -0.2) is 4.39 Å². The second-order valence-corrected chi connectivity index (χ2v) is 2.97. The van der Waals surface area contributed by atoms with Crippen molar-refractivity contribution in [2.24, 2.45) is 0 Å². The number of hydrogen-bond donors (Lipinski definition) is 0. The summed E-state index contributed by atoms with van der Waals surface area (Å²) in [6.45, 7) is 0. The van der Waals surface area contributed by atoms with Crippen molar-refractivity contribution < 1.29 is 9.31 Å². The maximum Gasteiger partial charge on any atom is 0.279 e. The molecule has 0 N–H and O–H groups in total. The minimum absolute atomic E-state index is 0.0566. The summed E-state index contributed by atoms with van der Waals surface area (Å²) in [6.07, 6.45) is 1.45. The zero-order valence-corrected chi connectivity index (χ0v) is 7.04. The van der Waals surface area contributed by atoms with Crippen LogP contribution in [-0.4, -0.2) is 11.1 Å². The van der Waals surface area contributed by atoms with Gasteiger partial charge >= 0.3 is 0 Å². The Hall–Kier alpha value is -0.710. The van der Waals surface area contributed by atoms with E-state index in [1.165, 1.54) is 12.2 Å². The molecule has 3 nitrogen and oxygen atoms in total. The third-order valence-electron chi connectivity index (χ3n) is 1.30. The fourth-order valence-electron chi connectivity index (χ4n) is 0.796. The number of hydrogen-bond acceptors (Lipinski definition) is 2. The van der Waals surface area contributed by atoms with Gasteiger partial charge < -0.3 is 0 Å². The van der Waals surface area contributed by atoms with E-state index in [1.807, 2.05) is 0 Å². The molecule has 0 fully saturated rings. The van der Waals surface area contributed by atoms with E-state index in [0.717, 1.165) is 0 Å². The van der Waals surface area contributed by atoms with Crippen LogP contribution in [0.3, 0.4) is 0 Å². The van der Waals surface area contributed by atoms with Crippen molar-refractivity contribution in [1.82, 2.24) is 0 Å². The number of allylic oxidation sites excluding steroid dienone is 3. The first-order valence-electron chi connectivity index (χ1n) is 2.97. The van der Waals surface area contributed by atoms with Crippen molar-refractivity contribution in [2.75, 3.05) is 0 Å². The minimum atomic E-state index is -1.10. The molecule has 0 bridgehead atoms. The van der Waals surface area contributed by atoms with Crippen molar-refractivity contribution in [2.45, 2.75) is 12.6 Å². The zero-order valence-electron chi connectivity index (χ0n) is 5.46. The molecule has 0 aromatic carbocycles. The van der Waals surface area contributed by atoms with E-state index < -0.39 is 11.1 Å². The van der Waals surface area contributed by atoms with Crippen LogP contribution in [0.2, 0.25) is 0 Å². The molecule has 1 atom stereocenters. The highest BCUT2D eigenvalue weighted by molar-refractivity contribution is 9.11. The Kier molecular flexibility index (Phi) is 2.38. The van der Waals surface area contributed by atoms with Crippen molar-refractivity contribution in [3.8, 4) is 0 Å². The Morgan fingerprint density at radius 3 is 2.91 bits per heavy atom. The molecule has 0 aromatic heterocycles. The number of rotatable bonds is 1. The van der Waals surface area contributed by atoms with Gasteiger partial charge in [-0.15, -0.1) is 0 Å². The Morgan fingerprint density at radius 2 is 2.45 bits per heavy atom. The number of halogens is 2. The molecule has 1 aliphatic carbocycles. The summed E-state index contributed by atoms with van der Waals surface area (Å²) in [5, 5.41) is 10.2. The third-order valence-corrected chi connectivity index (χ3v) is 1.98. The van der Waals surface area contributed by atoms with Crippen LogP contribution >= 0.6 is 15.9 Å². The first kappa shape index (κ1) is 8.39. The van der Waals surface area contributed by atoms with Gasteiger partial charge in [-0.3, -0.25) is 10.1 Å². The van der Waals surface area contributed by atoms with Gasteiger partial charge in [-0.2, -0.15) is 0 Å². The largest absolute Gasteiger partial charge is 0.279 e. The smallest absolute Gasteiger partial charge is 0.258 e. The van der Waals surface area contributed by atoms with Crippen LogP contribution in [0.4, 0.5) is 4.39 Å². The van der Waals surface area contributed by atoms with Crippen molar-refractivity contribution in [1.29, 1.82) is 0 Å². The van der Waals surface area contributed by atoms with Gasteiger partial charge in [0.25, 0.3) is 5.70 Å². The van der Waals surface area contributed by atoms with E-state index in [4.69, 9.17) is 0 Å². The summed E-state index contributed by atoms with van der Waals surface area (Å²) < 4.78 is 12.7. The van der Waals surface area contributed by atoms with E-state index in [-0.39, 0.29) is 16.6 Å². The summed E-state index contributed by atoms with van der Waals surface area (Å²) in [6, 6.07) is 0. The molecule has 0 saturated heterocycles. The summed E-state index contributed by atoms with van der Waals surface area (Å²) in [4.78, 5) is 9.68. The van der Waals surface area contributed by atoms with Gasteiger partial charge in [0.1, 0.15) is 6.17 Å². The fourth-order valence-corrected chi connectivity index (χ4v) is 1.39. The molecule has 60 valence electrons. The van der Waals surface area contributed by atoms with Gasteiger partial charge in [-0.05, 0) is 28.1 Å². The lowest BCUT2D eigenvalue weighted by atomic mass is 10.1. The molecule has 11 heavy (non-hydrogen) atoms. The lowest BCUT2D eigenvalue weighted by molar-refractivity contribution is -0.420. The quantitative estimate of drug-likeness (QED) is 0.504. The van der Waals surface area contributed by atoms with Crippen LogP contribution < -0.4 is 0 Å². The first-order valence-corrected chi connectivity index (χ1v) is 3.77. The van der Waals surface area contributed by atoms with Gasteiger partial charge in [-0.1, -0.05) is 0 Å². The highest BCUT2D eigenvalue weighted by Crippen LogP contribution is 2.25. The normalized spacial score (nSPS) is 24.0. The van der Waals surface area contributed by atoms with Crippen LogP contribution in [0.1, 0.15) is 6.42 Å². The van der Waals surface area contributed by atoms with Crippen LogP contribution in [-0.2, 0) is 0 Å². The van der Waals surface area contributed by atoms with E-state index in [1.54, 1.807) is 0 Å². The number of alkyl halides is 1. The number of nitrogens with zero attached hydrogens (tertiary/aromatic N) is 1. The predicted molar refractivity (Wildman–Crippen MR) is 41.6 cm³/mol. The Labute approximate surface area is 70.9 Å². The molecular weight excluding hydrogens is 217 g/mol. The monoisotopic (exact) mass is 221 g/mol. The Morgan fingerprint density at radius 1 is 1.82 bits per heavy atom. The van der Waals surface area contributed by atoms with Crippen LogP contribution in [0.15, 0.2) is 22.3 Å².